The third-order valence-corrected chi connectivity index (χ3v) is 4.08. The molecule has 5 nitrogen and oxygen atoms in total. The predicted molar refractivity (Wildman–Crippen MR) is 76.2 cm³/mol. The molecule has 1 aliphatic heterocycles. The third kappa shape index (κ3) is 2.90. The summed E-state index contributed by atoms with van der Waals surface area (Å²) < 4.78 is 16.0. The third-order valence-electron chi connectivity index (χ3n) is 4.08. The molecule has 0 radical (unpaired) electrons. The molecule has 112 valence electrons. The highest BCUT2D eigenvalue weighted by atomic mass is 16.5. The second kappa shape index (κ2) is 6.43. The number of hydrogen-bond donors (Lipinski definition) is 1. The Morgan fingerprint density at radius 3 is 2.20 bits per heavy atom. The number of ether oxygens (including phenoxy) is 3. The van der Waals surface area contributed by atoms with E-state index in [1.165, 1.54) is 0 Å². The summed E-state index contributed by atoms with van der Waals surface area (Å²) in [5, 5.41) is 10.1. The van der Waals surface area contributed by atoms with Gasteiger partial charge in [0.25, 0.3) is 0 Å². The number of aromatic hydroxyl groups is 1. The van der Waals surface area contributed by atoms with Crippen LogP contribution in [0.1, 0.15) is 18.5 Å². The van der Waals surface area contributed by atoms with Crippen molar-refractivity contribution in [2.24, 2.45) is 0 Å². The average molecular weight is 281 g/mol. The molecule has 3 unspecified atom stereocenters. The normalized spacial score (nSPS) is 24.8. The Balaban J connectivity index is 2.14. The minimum atomic E-state index is 0.0721. The van der Waals surface area contributed by atoms with E-state index >= 15 is 0 Å². The van der Waals surface area contributed by atoms with Crippen molar-refractivity contribution in [3.63, 3.8) is 0 Å². The van der Waals surface area contributed by atoms with Gasteiger partial charge in [-0.1, -0.05) is 6.07 Å². The van der Waals surface area contributed by atoms with Crippen LogP contribution >= 0.6 is 0 Å². The number of phenolic OH excluding ortho intramolecular Hbond substituents is 1. The molecule has 0 aromatic heterocycles. The zero-order chi connectivity index (χ0) is 14.7. The second-order valence-electron chi connectivity index (χ2n) is 5.10. The Bertz CT molecular complexity index is 439. The van der Waals surface area contributed by atoms with Gasteiger partial charge >= 0.3 is 0 Å². The molecule has 0 aliphatic carbocycles. The summed E-state index contributed by atoms with van der Waals surface area (Å²) >= 11 is 0. The van der Waals surface area contributed by atoms with Gasteiger partial charge in [0, 0.05) is 45.0 Å². The van der Waals surface area contributed by atoms with E-state index in [2.05, 4.69) is 11.8 Å². The van der Waals surface area contributed by atoms with Crippen LogP contribution in [0.3, 0.4) is 0 Å². The van der Waals surface area contributed by atoms with Gasteiger partial charge in [-0.05, 0) is 13.0 Å². The van der Waals surface area contributed by atoms with E-state index in [-0.39, 0.29) is 24.0 Å². The quantitative estimate of drug-likeness (QED) is 0.892. The van der Waals surface area contributed by atoms with Crippen LogP contribution in [-0.4, -0.2) is 56.6 Å². The Hall–Kier alpha value is -1.30. The van der Waals surface area contributed by atoms with Crippen LogP contribution in [0.5, 0.6) is 11.5 Å². The lowest BCUT2D eigenvalue weighted by molar-refractivity contribution is -0.00461. The first kappa shape index (κ1) is 15.1. The zero-order valence-corrected chi connectivity index (χ0v) is 12.5. The van der Waals surface area contributed by atoms with E-state index in [0.29, 0.717) is 5.75 Å². The molecule has 5 heteroatoms. The van der Waals surface area contributed by atoms with Crippen molar-refractivity contribution in [3.05, 3.63) is 23.8 Å². The highest BCUT2D eigenvalue weighted by molar-refractivity contribution is 5.41. The van der Waals surface area contributed by atoms with E-state index in [1.807, 2.05) is 12.1 Å². The highest BCUT2D eigenvalue weighted by Crippen LogP contribution is 2.34. The number of phenols is 1. The summed E-state index contributed by atoms with van der Waals surface area (Å²) in [6, 6.07) is 5.51. The second-order valence-corrected chi connectivity index (χ2v) is 5.10. The SMILES string of the molecule is COc1ccc(C(C)N2CC(OC)C(OC)C2)c(O)c1. The monoisotopic (exact) mass is 281 g/mol. The van der Waals surface area contributed by atoms with Gasteiger partial charge in [-0.2, -0.15) is 0 Å². The Kier molecular flexibility index (Phi) is 4.86. The van der Waals surface area contributed by atoms with Crippen molar-refractivity contribution in [2.45, 2.75) is 25.2 Å². The van der Waals surface area contributed by atoms with Crippen LogP contribution in [0.25, 0.3) is 0 Å². The maximum absolute atomic E-state index is 10.1. The van der Waals surface area contributed by atoms with Gasteiger partial charge < -0.3 is 19.3 Å². The van der Waals surface area contributed by atoms with E-state index in [4.69, 9.17) is 14.2 Å². The van der Waals surface area contributed by atoms with E-state index in [9.17, 15) is 5.11 Å². The van der Waals surface area contributed by atoms with Gasteiger partial charge in [0.2, 0.25) is 0 Å². The van der Waals surface area contributed by atoms with E-state index in [0.717, 1.165) is 18.7 Å². The zero-order valence-electron chi connectivity index (χ0n) is 12.5. The van der Waals surface area contributed by atoms with Crippen molar-refractivity contribution in [1.82, 2.24) is 4.90 Å². The average Bonchev–Trinajstić information content (AvgIpc) is 2.89. The number of hydrogen-bond acceptors (Lipinski definition) is 5. The fourth-order valence-corrected chi connectivity index (χ4v) is 2.74. The first-order valence-corrected chi connectivity index (χ1v) is 6.77. The fourth-order valence-electron chi connectivity index (χ4n) is 2.74. The smallest absolute Gasteiger partial charge is 0.124 e. The Morgan fingerprint density at radius 1 is 1.15 bits per heavy atom. The molecular formula is C15H23NO4. The first-order chi connectivity index (χ1) is 9.60. The van der Waals surface area contributed by atoms with Gasteiger partial charge in [0.05, 0.1) is 19.3 Å². The van der Waals surface area contributed by atoms with Crippen LogP contribution in [0.4, 0.5) is 0 Å². The van der Waals surface area contributed by atoms with Crippen LogP contribution in [0.15, 0.2) is 18.2 Å². The molecular weight excluding hydrogens is 258 g/mol. The van der Waals surface area contributed by atoms with Gasteiger partial charge in [-0.3, -0.25) is 4.90 Å². The van der Waals surface area contributed by atoms with Crippen LogP contribution in [-0.2, 0) is 9.47 Å². The van der Waals surface area contributed by atoms with Crippen LogP contribution < -0.4 is 4.74 Å². The fraction of sp³-hybridized carbons (Fsp3) is 0.600. The largest absolute Gasteiger partial charge is 0.507 e. The van der Waals surface area contributed by atoms with Crippen molar-refractivity contribution in [2.75, 3.05) is 34.4 Å². The van der Waals surface area contributed by atoms with Crippen LogP contribution in [0.2, 0.25) is 0 Å². The van der Waals surface area contributed by atoms with Crippen molar-refractivity contribution in [3.8, 4) is 11.5 Å². The maximum Gasteiger partial charge on any atom is 0.124 e. The van der Waals surface area contributed by atoms with E-state index in [1.54, 1.807) is 27.4 Å². The molecule has 2 rings (SSSR count). The lowest BCUT2D eigenvalue weighted by Crippen LogP contribution is -2.27. The minimum Gasteiger partial charge on any atom is -0.507 e. The first-order valence-electron chi connectivity index (χ1n) is 6.77. The predicted octanol–water partition coefficient (Wildman–Crippen LogP) is 1.81. The van der Waals surface area contributed by atoms with Gasteiger partial charge in [0.1, 0.15) is 11.5 Å². The van der Waals surface area contributed by atoms with E-state index < -0.39 is 0 Å². The maximum atomic E-state index is 10.1. The summed E-state index contributed by atoms with van der Waals surface area (Å²) in [5.74, 6) is 0.913. The number of benzene rings is 1. The topological polar surface area (TPSA) is 51.2 Å². The van der Waals surface area contributed by atoms with Crippen molar-refractivity contribution in [1.29, 1.82) is 0 Å². The van der Waals surface area contributed by atoms with Gasteiger partial charge in [-0.15, -0.1) is 0 Å². The number of nitrogens with zero attached hydrogens (tertiary/aromatic N) is 1. The molecule has 20 heavy (non-hydrogen) atoms. The lowest BCUT2D eigenvalue weighted by atomic mass is 10.1. The van der Waals surface area contributed by atoms with Gasteiger partial charge in [-0.25, -0.2) is 0 Å². The molecule has 1 heterocycles. The Labute approximate surface area is 120 Å². The number of methoxy groups -OCH3 is 3. The lowest BCUT2D eigenvalue weighted by Gasteiger charge is -2.25. The molecule has 3 atom stereocenters. The Morgan fingerprint density at radius 2 is 1.75 bits per heavy atom. The summed E-state index contributed by atoms with van der Waals surface area (Å²) in [6.45, 7) is 3.66. The molecule has 0 amide bonds. The molecule has 1 aromatic carbocycles. The van der Waals surface area contributed by atoms with Crippen molar-refractivity contribution < 1.29 is 19.3 Å². The molecule has 0 spiro atoms. The number of rotatable bonds is 5. The molecule has 0 saturated carbocycles. The van der Waals surface area contributed by atoms with Crippen LogP contribution in [0, 0.1) is 0 Å². The molecule has 1 saturated heterocycles. The summed E-state index contributed by atoms with van der Waals surface area (Å²) in [6.07, 6.45) is 0.144. The molecule has 1 aromatic rings. The highest BCUT2D eigenvalue weighted by Gasteiger charge is 2.36. The molecule has 1 N–H and O–H groups in total. The molecule has 1 fully saturated rings. The summed E-state index contributed by atoms with van der Waals surface area (Å²) in [4.78, 5) is 2.25. The summed E-state index contributed by atoms with van der Waals surface area (Å²) in [5.41, 5.74) is 0.886. The summed E-state index contributed by atoms with van der Waals surface area (Å²) in [7, 11) is 5.00. The molecule has 0 bridgehead atoms. The van der Waals surface area contributed by atoms with Crippen molar-refractivity contribution >= 4 is 0 Å². The standard InChI is InChI=1S/C15H23NO4/c1-10(12-6-5-11(18-2)7-13(12)17)16-8-14(19-3)15(9-16)20-4/h5-7,10,14-15,17H,8-9H2,1-4H3. The molecule has 1 aliphatic rings. The van der Waals surface area contributed by atoms with Gasteiger partial charge in [0.15, 0.2) is 0 Å². The minimum absolute atomic E-state index is 0.0721. The number of likely N-dealkylation sites (tertiary alicyclic amines) is 1.